The molecule has 0 radical (unpaired) electrons. The molecule has 0 aliphatic heterocycles. The molecule has 3 nitrogen and oxygen atoms in total. The highest BCUT2D eigenvalue weighted by Gasteiger charge is 2.34. The zero-order chi connectivity index (χ0) is 11.1. The first-order chi connectivity index (χ1) is 7.22. The Morgan fingerprint density at radius 2 is 2.20 bits per heavy atom. The third kappa shape index (κ3) is 4.09. The SMILES string of the molecule is CCC1(NCC(N)CCCOC)CCC1. The van der Waals surface area contributed by atoms with Gasteiger partial charge in [-0.3, -0.25) is 0 Å². The van der Waals surface area contributed by atoms with Gasteiger partial charge in [-0.2, -0.15) is 0 Å². The number of nitrogens with one attached hydrogen (secondary N) is 1. The van der Waals surface area contributed by atoms with E-state index in [0.29, 0.717) is 5.54 Å². The molecule has 0 bridgehead atoms. The quantitative estimate of drug-likeness (QED) is 0.604. The second-order valence-corrected chi connectivity index (χ2v) is 4.76. The Morgan fingerprint density at radius 3 is 2.67 bits per heavy atom. The lowest BCUT2D eigenvalue weighted by Gasteiger charge is -2.43. The second-order valence-electron chi connectivity index (χ2n) is 4.76. The molecule has 1 atom stereocenters. The molecule has 0 spiro atoms. The Bertz CT molecular complexity index is 163. The summed E-state index contributed by atoms with van der Waals surface area (Å²) in [7, 11) is 1.74. The summed E-state index contributed by atoms with van der Waals surface area (Å²) < 4.78 is 5.02. The second kappa shape index (κ2) is 6.46. The first-order valence-electron chi connectivity index (χ1n) is 6.22. The van der Waals surface area contributed by atoms with Crippen molar-refractivity contribution in [2.45, 2.75) is 57.0 Å². The Kier molecular flexibility index (Phi) is 5.58. The average Bonchev–Trinajstić information content (AvgIpc) is 2.17. The van der Waals surface area contributed by atoms with Crippen molar-refractivity contribution in [2.24, 2.45) is 5.73 Å². The molecule has 1 unspecified atom stereocenters. The highest BCUT2D eigenvalue weighted by atomic mass is 16.5. The van der Waals surface area contributed by atoms with E-state index in [1.54, 1.807) is 7.11 Å². The molecule has 0 saturated heterocycles. The lowest BCUT2D eigenvalue weighted by molar-refractivity contribution is 0.168. The number of rotatable bonds is 8. The van der Waals surface area contributed by atoms with E-state index in [0.717, 1.165) is 26.0 Å². The number of ether oxygens (including phenoxy) is 1. The molecule has 1 rings (SSSR count). The van der Waals surface area contributed by atoms with Crippen LogP contribution >= 0.6 is 0 Å². The van der Waals surface area contributed by atoms with Crippen molar-refractivity contribution in [1.82, 2.24) is 5.32 Å². The van der Waals surface area contributed by atoms with Crippen molar-refractivity contribution in [3.8, 4) is 0 Å². The van der Waals surface area contributed by atoms with Crippen molar-refractivity contribution in [1.29, 1.82) is 0 Å². The Morgan fingerprint density at radius 1 is 1.47 bits per heavy atom. The van der Waals surface area contributed by atoms with Gasteiger partial charge in [0.2, 0.25) is 0 Å². The summed E-state index contributed by atoms with van der Waals surface area (Å²) in [6, 6.07) is 0.282. The minimum atomic E-state index is 0.282. The number of hydrogen-bond acceptors (Lipinski definition) is 3. The average molecular weight is 214 g/mol. The van der Waals surface area contributed by atoms with Gasteiger partial charge in [-0.1, -0.05) is 6.92 Å². The van der Waals surface area contributed by atoms with Crippen LogP contribution in [-0.2, 0) is 4.74 Å². The van der Waals surface area contributed by atoms with Crippen molar-refractivity contribution in [3.05, 3.63) is 0 Å². The van der Waals surface area contributed by atoms with Gasteiger partial charge in [0.05, 0.1) is 0 Å². The van der Waals surface area contributed by atoms with E-state index >= 15 is 0 Å². The van der Waals surface area contributed by atoms with E-state index in [9.17, 15) is 0 Å². The molecule has 1 saturated carbocycles. The molecular formula is C12H26N2O. The summed E-state index contributed by atoms with van der Waals surface area (Å²) in [4.78, 5) is 0. The summed E-state index contributed by atoms with van der Waals surface area (Å²) in [5, 5.41) is 3.64. The molecule has 0 heterocycles. The lowest BCUT2D eigenvalue weighted by atomic mass is 9.75. The summed E-state index contributed by atoms with van der Waals surface area (Å²) in [5.74, 6) is 0. The van der Waals surface area contributed by atoms with Gasteiger partial charge in [0.15, 0.2) is 0 Å². The van der Waals surface area contributed by atoms with Gasteiger partial charge in [0, 0.05) is 31.8 Å². The molecule has 3 heteroatoms. The minimum Gasteiger partial charge on any atom is -0.385 e. The van der Waals surface area contributed by atoms with Gasteiger partial charge < -0.3 is 15.8 Å². The molecule has 1 fully saturated rings. The van der Waals surface area contributed by atoms with E-state index < -0.39 is 0 Å². The predicted molar refractivity (Wildman–Crippen MR) is 64.0 cm³/mol. The van der Waals surface area contributed by atoms with E-state index in [1.807, 2.05) is 0 Å². The zero-order valence-corrected chi connectivity index (χ0v) is 10.2. The molecule has 0 amide bonds. The van der Waals surface area contributed by atoms with Crippen LogP contribution in [0.15, 0.2) is 0 Å². The summed E-state index contributed by atoms with van der Waals surface area (Å²) in [6.07, 6.45) is 7.39. The maximum Gasteiger partial charge on any atom is 0.0462 e. The van der Waals surface area contributed by atoms with E-state index in [4.69, 9.17) is 10.5 Å². The highest BCUT2D eigenvalue weighted by molar-refractivity contribution is 4.95. The van der Waals surface area contributed by atoms with Gasteiger partial charge in [0.1, 0.15) is 0 Å². The van der Waals surface area contributed by atoms with Gasteiger partial charge in [-0.15, -0.1) is 0 Å². The molecule has 15 heavy (non-hydrogen) atoms. The van der Waals surface area contributed by atoms with Crippen LogP contribution in [0.5, 0.6) is 0 Å². The van der Waals surface area contributed by atoms with Crippen molar-refractivity contribution in [2.75, 3.05) is 20.3 Å². The number of methoxy groups -OCH3 is 1. The summed E-state index contributed by atoms with van der Waals surface area (Å²) in [5.41, 5.74) is 6.47. The number of nitrogens with two attached hydrogens (primary N) is 1. The van der Waals surface area contributed by atoms with Crippen LogP contribution in [-0.4, -0.2) is 31.8 Å². The standard InChI is InChI=1S/C12H26N2O/c1-3-12(7-5-8-12)14-10-11(13)6-4-9-15-2/h11,14H,3-10,13H2,1-2H3. The third-order valence-electron chi connectivity index (χ3n) is 3.65. The van der Waals surface area contributed by atoms with Crippen LogP contribution in [0.25, 0.3) is 0 Å². The molecule has 0 aromatic carbocycles. The van der Waals surface area contributed by atoms with Gasteiger partial charge in [0.25, 0.3) is 0 Å². The third-order valence-corrected chi connectivity index (χ3v) is 3.65. The molecular weight excluding hydrogens is 188 g/mol. The fraction of sp³-hybridized carbons (Fsp3) is 1.00. The van der Waals surface area contributed by atoms with Crippen LogP contribution in [0.4, 0.5) is 0 Å². The first-order valence-corrected chi connectivity index (χ1v) is 6.22. The normalized spacial score (nSPS) is 21.0. The van der Waals surface area contributed by atoms with E-state index in [2.05, 4.69) is 12.2 Å². The molecule has 0 aromatic rings. The monoisotopic (exact) mass is 214 g/mol. The maximum absolute atomic E-state index is 6.04. The van der Waals surface area contributed by atoms with Crippen molar-refractivity contribution >= 4 is 0 Å². The van der Waals surface area contributed by atoms with Gasteiger partial charge >= 0.3 is 0 Å². The van der Waals surface area contributed by atoms with Crippen LogP contribution < -0.4 is 11.1 Å². The number of hydrogen-bond donors (Lipinski definition) is 2. The first kappa shape index (κ1) is 12.9. The maximum atomic E-state index is 6.04. The predicted octanol–water partition coefficient (Wildman–Crippen LogP) is 1.66. The fourth-order valence-corrected chi connectivity index (χ4v) is 2.20. The molecule has 3 N–H and O–H groups in total. The lowest BCUT2D eigenvalue weighted by Crippen LogP contribution is -2.53. The topological polar surface area (TPSA) is 47.3 Å². The van der Waals surface area contributed by atoms with Crippen LogP contribution in [0.2, 0.25) is 0 Å². The molecule has 0 aromatic heterocycles. The van der Waals surface area contributed by atoms with Crippen LogP contribution in [0, 0.1) is 0 Å². The fourth-order valence-electron chi connectivity index (χ4n) is 2.20. The molecule has 1 aliphatic rings. The van der Waals surface area contributed by atoms with Crippen molar-refractivity contribution in [3.63, 3.8) is 0 Å². The van der Waals surface area contributed by atoms with Gasteiger partial charge in [-0.25, -0.2) is 0 Å². The molecule has 90 valence electrons. The Labute approximate surface area is 93.8 Å². The van der Waals surface area contributed by atoms with E-state index in [-0.39, 0.29) is 6.04 Å². The highest BCUT2D eigenvalue weighted by Crippen LogP contribution is 2.34. The largest absolute Gasteiger partial charge is 0.385 e. The summed E-state index contributed by atoms with van der Waals surface area (Å²) >= 11 is 0. The summed E-state index contributed by atoms with van der Waals surface area (Å²) in [6.45, 7) is 4.05. The molecule has 1 aliphatic carbocycles. The Hall–Kier alpha value is -0.120. The van der Waals surface area contributed by atoms with E-state index in [1.165, 1.54) is 25.7 Å². The Balaban J connectivity index is 2.07. The van der Waals surface area contributed by atoms with Crippen molar-refractivity contribution < 1.29 is 4.74 Å². The van der Waals surface area contributed by atoms with Crippen LogP contribution in [0.1, 0.15) is 45.4 Å². The zero-order valence-electron chi connectivity index (χ0n) is 10.2. The van der Waals surface area contributed by atoms with Crippen LogP contribution in [0.3, 0.4) is 0 Å². The van der Waals surface area contributed by atoms with Gasteiger partial charge in [-0.05, 0) is 38.5 Å². The minimum absolute atomic E-state index is 0.282. The smallest absolute Gasteiger partial charge is 0.0462 e.